The van der Waals surface area contributed by atoms with Crippen LogP contribution in [-0.2, 0) is 40.1 Å². The molecule has 0 atom stereocenters. The fourth-order valence-electron chi connectivity index (χ4n) is 3.55. The van der Waals surface area contributed by atoms with E-state index in [-0.39, 0.29) is 36.8 Å². The van der Waals surface area contributed by atoms with Gasteiger partial charge in [0.25, 0.3) is 5.56 Å². The first-order chi connectivity index (χ1) is 14.5. The molecule has 1 N–H and O–H groups in total. The first kappa shape index (κ1) is 20.7. The predicted molar refractivity (Wildman–Crippen MR) is 116 cm³/mol. The number of anilines is 1. The molecule has 0 fully saturated rings. The summed E-state index contributed by atoms with van der Waals surface area (Å²) in [4.78, 5) is 47.5. The Morgan fingerprint density at radius 1 is 1.30 bits per heavy atom. The van der Waals surface area contributed by atoms with Gasteiger partial charge in [0.15, 0.2) is 5.13 Å². The quantitative estimate of drug-likeness (QED) is 0.560. The topological polar surface area (TPSA) is 103 Å². The molecule has 0 unspecified atom stereocenters. The standard InChI is InChI=1S/C20H22N4O4S2/c1-2-28-16(26)9-12-10-29-20(22-12)23-15(25)7-8-24-11-21-18-17(19(24)27)13-5-3-4-6-14(13)30-18/h10-11H,2-9H2,1H3,(H,22,23,25). The van der Waals surface area contributed by atoms with Crippen LogP contribution in [0.2, 0.25) is 0 Å². The number of hydrogen-bond acceptors (Lipinski definition) is 8. The molecule has 158 valence electrons. The molecule has 30 heavy (non-hydrogen) atoms. The van der Waals surface area contributed by atoms with Crippen molar-refractivity contribution in [1.82, 2.24) is 14.5 Å². The van der Waals surface area contributed by atoms with Gasteiger partial charge in [0.1, 0.15) is 4.83 Å². The lowest BCUT2D eigenvalue weighted by molar-refractivity contribution is -0.142. The zero-order valence-electron chi connectivity index (χ0n) is 16.6. The van der Waals surface area contributed by atoms with E-state index < -0.39 is 0 Å². The van der Waals surface area contributed by atoms with Crippen LogP contribution in [0.4, 0.5) is 5.13 Å². The van der Waals surface area contributed by atoms with Crippen molar-refractivity contribution in [3.63, 3.8) is 0 Å². The smallest absolute Gasteiger partial charge is 0.311 e. The fourth-order valence-corrected chi connectivity index (χ4v) is 5.50. The van der Waals surface area contributed by atoms with Crippen molar-refractivity contribution in [2.45, 2.75) is 52.0 Å². The molecule has 0 spiro atoms. The molecule has 8 nitrogen and oxygen atoms in total. The van der Waals surface area contributed by atoms with Crippen molar-refractivity contribution in [3.8, 4) is 0 Å². The molecule has 1 aliphatic carbocycles. The summed E-state index contributed by atoms with van der Waals surface area (Å²) in [5.74, 6) is -0.593. The molecule has 3 aromatic rings. The van der Waals surface area contributed by atoms with E-state index >= 15 is 0 Å². The largest absolute Gasteiger partial charge is 0.466 e. The third-order valence-electron chi connectivity index (χ3n) is 4.95. The van der Waals surface area contributed by atoms with Gasteiger partial charge in [-0.2, -0.15) is 0 Å². The second-order valence-electron chi connectivity index (χ2n) is 7.06. The number of thiophene rings is 1. The van der Waals surface area contributed by atoms with Gasteiger partial charge in [-0.1, -0.05) is 0 Å². The fraction of sp³-hybridized carbons (Fsp3) is 0.450. The van der Waals surface area contributed by atoms with Gasteiger partial charge in [0.05, 0.1) is 30.4 Å². The number of thiazole rings is 1. The molecular weight excluding hydrogens is 424 g/mol. The molecule has 0 aromatic carbocycles. The summed E-state index contributed by atoms with van der Waals surface area (Å²) in [6.07, 6.45) is 5.94. The molecule has 0 aliphatic heterocycles. The van der Waals surface area contributed by atoms with Gasteiger partial charge in [0.2, 0.25) is 5.91 Å². The van der Waals surface area contributed by atoms with Gasteiger partial charge in [-0.25, -0.2) is 9.97 Å². The van der Waals surface area contributed by atoms with Crippen molar-refractivity contribution in [3.05, 3.63) is 38.2 Å². The van der Waals surface area contributed by atoms with Crippen LogP contribution in [0.1, 0.15) is 42.3 Å². The lowest BCUT2D eigenvalue weighted by Crippen LogP contribution is -2.24. The van der Waals surface area contributed by atoms with Crippen LogP contribution < -0.4 is 10.9 Å². The Bertz CT molecular complexity index is 1150. The highest BCUT2D eigenvalue weighted by Crippen LogP contribution is 2.33. The molecule has 0 saturated carbocycles. The number of carbonyl (C=O) groups is 2. The lowest BCUT2D eigenvalue weighted by atomic mass is 9.97. The van der Waals surface area contributed by atoms with E-state index in [2.05, 4.69) is 15.3 Å². The van der Waals surface area contributed by atoms with Crippen LogP contribution in [-0.4, -0.2) is 33.0 Å². The van der Waals surface area contributed by atoms with Crippen LogP contribution in [0.5, 0.6) is 0 Å². The van der Waals surface area contributed by atoms with E-state index in [0.717, 1.165) is 41.5 Å². The number of nitrogens with one attached hydrogen (secondary N) is 1. The van der Waals surface area contributed by atoms with Crippen LogP contribution in [0.25, 0.3) is 10.2 Å². The molecule has 0 saturated heterocycles. The van der Waals surface area contributed by atoms with Crippen molar-refractivity contribution < 1.29 is 14.3 Å². The Morgan fingerprint density at radius 3 is 2.97 bits per heavy atom. The average molecular weight is 447 g/mol. The third-order valence-corrected chi connectivity index (χ3v) is 6.96. The molecule has 10 heteroatoms. The van der Waals surface area contributed by atoms with Crippen LogP contribution in [0.3, 0.4) is 0 Å². The second-order valence-corrected chi connectivity index (χ2v) is 9.00. The molecule has 3 aromatic heterocycles. The highest BCUT2D eigenvalue weighted by Gasteiger charge is 2.20. The molecule has 1 aliphatic rings. The van der Waals surface area contributed by atoms with Crippen molar-refractivity contribution in [2.24, 2.45) is 0 Å². The zero-order chi connectivity index (χ0) is 21.1. The van der Waals surface area contributed by atoms with E-state index in [1.54, 1.807) is 23.6 Å². The summed E-state index contributed by atoms with van der Waals surface area (Å²) in [5.41, 5.74) is 1.63. The van der Waals surface area contributed by atoms with Crippen LogP contribution in [0, 0.1) is 0 Å². The van der Waals surface area contributed by atoms with Crippen LogP contribution in [0.15, 0.2) is 16.5 Å². The maximum Gasteiger partial charge on any atom is 0.311 e. The van der Waals surface area contributed by atoms with Gasteiger partial charge in [0, 0.05) is 23.2 Å². The Labute approximate surface area is 180 Å². The first-order valence-corrected chi connectivity index (χ1v) is 11.6. The monoisotopic (exact) mass is 446 g/mol. The molecule has 0 radical (unpaired) electrons. The number of aromatic nitrogens is 3. The number of hydrogen-bond donors (Lipinski definition) is 1. The number of esters is 1. The summed E-state index contributed by atoms with van der Waals surface area (Å²) < 4.78 is 6.41. The number of fused-ring (bicyclic) bond motifs is 3. The Balaban J connectivity index is 1.39. The van der Waals surface area contributed by atoms with E-state index in [0.29, 0.717) is 17.4 Å². The summed E-state index contributed by atoms with van der Waals surface area (Å²) >= 11 is 2.87. The Kier molecular flexibility index (Phi) is 6.24. The second kappa shape index (κ2) is 9.05. The summed E-state index contributed by atoms with van der Waals surface area (Å²) in [6, 6.07) is 0. The molecule has 4 rings (SSSR count). The number of amides is 1. The maximum atomic E-state index is 12.9. The minimum Gasteiger partial charge on any atom is -0.466 e. The minimum absolute atomic E-state index is 0.0711. The van der Waals surface area contributed by atoms with Crippen molar-refractivity contribution in [1.29, 1.82) is 0 Å². The van der Waals surface area contributed by atoms with E-state index in [9.17, 15) is 14.4 Å². The molecular formula is C20H22N4O4S2. The van der Waals surface area contributed by atoms with Crippen molar-refractivity contribution in [2.75, 3.05) is 11.9 Å². The van der Waals surface area contributed by atoms with Crippen LogP contribution >= 0.6 is 22.7 Å². The Hall–Kier alpha value is -2.59. The number of aryl methyl sites for hydroxylation is 3. The SMILES string of the molecule is CCOC(=O)Cc1csc(NC(=O)CCn2cnc3sc4c(c3c2=O)CCCC4)n1. The summed E-state index contributed by atoms with van der Waals surface area (Å²) in [7, 11) is 0. The first-order valence-electron chi connectivity index (χ1n) is 9.94. The number of carbonyl (C=O) groups excluding carboxylic acids is 2. The van der Waals surface area contributed by atoms with Gasteiger partial charge < -0.3 is 10.1 Å². The minimum atomic E-state index is -0.349. The highest BCUT2D eigenvalue weighted by molar-refractivity contribution is 7.18. The third kappa shape index (κ3) is 4.44. The number of rotatable bonds is 7. The molecule has 3 heterocycles. The Morgan fingerprint density at radius 2 is 2.13 bits per heavy atom. The van der Waals surface area contributed by atoms with E-state index in [1.807, 2.05) is 0 Å². The zero-order valence-corrected chi connectivity index (χ0v) is 18.2. The average Bonchev–Trinajstić information content (AvgIpc) is 3.31. The maximum absolute atomic E-state index is 12.9. The normalized spacial score (nSPS) is 13.2. The van der Waals surface area contributed by atoms with Crippen molar-refractivity contribution >= 4 is 49.9 Å². The summed E-state index contributed by atoms with van der Waals surface area (Å²) in [6.45, 7) is 2.32. The van der Waals surface area contributed by atoms with Gasteiger partial charge in [-0.15, -0.1) is 22.7 Å². The number of nitrogens with zero attached hydrogens (tertiary/aromatic N) is 3. The highest BCUT2D eigenvalue weighted by atomic mass is 32.1. The van der Waals surface area contributed by atoms with Gasteiger partial charge >= 0.3 is 5.97 Å². The summed E-state index contributed by atoms with van der Waals surface area (Å²) in [5, 5.41) is 5.59. The van der Waals surface area contributed by atoms with E-state index in [1.165, 1.54) is 27.1 Å². The van der Waals surface area contributed by atoms with Gasteiger partial charge in [-0.3, -0.25) is 19.0 Å². The van der Waals surface area contributed by atoms with Gasteiger partial charge in [-0.05, 0) is 38.2 Å². The number of ether oxygens (including phenoxy) is 1. The lowest BCUT2D eigenvalue weighted by Gasteiger charge is -2.10. The molecule has 0 bridgehead atoms. The van der Waals surface area contributed by atoms with E-state index in [4.69, 9.17) is 4.74 Å². The molecule has 1 amide bonds. The predicted octanol–water partition coefficient (Wildman–Crippen LogP) is 2.93.